The molecule has 2 heterocycles. The number of rotatable bonds is 4. The van der Waals surface area contributed by atoms with Crippen LogP contribution in [0.4, 0.5) is 0 Å². The molecule has 1 aromatic heterocycles. The van der Waals surface area contributed by atoms with Gasteiger partial charge in [0.15, 0.2) is 0 Å². The van der Waals surface area contributed by atoms with Gasteiger partial charge in [-0.25, -0.2) is 0 Å². The predicted molar refractivity (Wildman–Crippen MR) is 142 cm³/mol. The Kier molecular flexibility index (Phi) is 5.22. The first-order chi connectivity index (χ1) is 16.2. The highest BCUT2D eigenvalue weighted by molar-refractivity contribution is 8.03. The first kappa shape index (κ1) is 20.9. The van der Waals surface area contributed by atoms with Crippen LogP contribution in [0.2, 0.25) is 0 Å². The zero-order valence-corrected chi connectivity index (χ0v) is 20.4. The Morgan fingerprint density at radius 1 is 0.758 bits per heavy atom. The highest BCUT2D eigenvalue weighted by Gasteiger charge is 2.43. The molecule has 166 valence electrons. The molecule has 1 fully saturated rings. The largest absolute Gasteiger partial charge is 0.330 e. The molecule has 33 heavy (non-hydrogen) atoms. The molecule has 0 bridgehead atoms. The molecular formula is C31H31NS. The van der Waals surface area contributed by atoms with Crippen molar-refractivity contribution in [2.24, 2.45) is 0 Å². The van der Waals surface area contributed by atoms with Crippen LogP contribution in [0.15, 0.2) is 94.7 Å². The lowest BCUT2D eigenvalue weighted by molar-refractivity contribution is 0.439. The van der Waals surface area contributed by atoms with Crippen molar-refractivity contribution in [3.05, 3.63) is 107 Å². The average molecular weight is 450 g/mol. The van der Waals surface area contributed by atoms with E-state index in [4.69, 9.17) is 0 Å². The SMILES string of the molecule is CC1(C)C(Sc2ccccc2)=C(c2ccccc2)c2c(C3CCCCC3)c3ccccc3n21. The van der Waals surface area contributed by atoms with Crippen LogP contribution < -0.4 is 0 Å². The maximum absolute atomic E-state index is 2.67. The average Bonchev–Trinajstić information content (AvgIpc) is 3.31. The van der Waals surface area contributed by atoms with Crippen molar-refractivity contribution >= 4 is 28.2 Å². The van der Waals surface area contributed by atoms with Crippen molar-refractivity contribution in [1.29, 1.82) is 0 Å². The molecule has 1 nitrogen and oxygen atoms in total. The fourth-order valence-corrected chi connectivity index (χ4v) is 7.25. The predicted octanol–water partition coefficient (Wildman–Crippen LogP) is 8.99. The van der Waals surface area contributed by atoms with E-state index in [2.05, 4.69) is 103 Å². The third-order valence-electron chi connectivity index (χ3n) is 7.53. The van der Waals surface area contributed by atoms with Crippen LogP contribution in [-0.4, -0.2) is 4.57 Å². The Hall–Kier alpha value is -2.71. The van der Waals surface area contributed by atoms with Crippen LogP contribution in [0.3, 0.4) is 0 Å². The van der Waals surface area contributed by atoms with Crippen molar-refractivity contribution in [2.75, 3.05) is 0 Å². The summed E-state index contributed by atoms with van der Waals surface area (Å²) in [5.74, 6) is 0.649. The maximum atomic E-state index is 2.67. The van der Waals surface area contributed by atoms with Gasteiger partial charge in [0, 0.05) is 26.3 Å². The van der Waals surface area contributed by atoms with Crippen LogP contribution >= 0.6 is 11.8 Å². The monoisotopic (exact) mass is 449 g/mol. The molecule has 0 unspecified atom stereocenters. The van der Waals surface area contributed by atoms with Gasteiger partial charge in [-0.2, -0.15) is 0 Å². The molecule has 0 amide bonds. The summed E-state index contributed by atoms with van der Waals surface area (Å²) in [6.45, 7) is 4.82. The number of fused-ring (bicyclic) bond motifs is 3. The van der Waals surface area contributed by atoms with E-state index in [0.29, 0.717) is 5.92 Å². The Balaban J connectivity index is 1.67. The molecule has 0 radical (unpaired) electrons. The van der Waals surface area contributed by atoms with Gasteiger partial charge in [0.05, 0.1) is 11.2 Å². The van der Waals surface area contributed by atoms with Crippen molar-refractivity contribution in [1.82, 2.24) is 4.57 Å². The molecule has 0 N–H and O–H groups in total. The molecule has 0 spiro atoms. The Labute approximate surface area is 201 Å². The fraction of sp³-hybridized carbons (Fsp3) is 0.290. The van der Waals surface area contributed by atoms with Crippen LogP contribution in [0.1, 0.15) is 68.7 Å². The van der Waals surface area contributed by atoms with Gasteiger partial charge < -0.3 is 4.57 Å². The second-order valence-corrected chi connectivity index (χ2v) is 11.1. The molecule has 1 aliphatic carbocycles. The van der Waals surface area contributed by atoms with Gasteiger partial charge in [-0.05, 0) is 61.9 Å². The van der Waals surface area contributed by atoms with Crippen molar-refractivity contribution < 1.29 is 0 Å². The van der Waals surface area contributed by atoms with E-state index in [1.165, 1.54) is 69.6 Å². The van der Waals surface area contributed by atoms with Crippen molar-refractivity contribution in [3.63, 3.8) is 0 Å². The second-order valence-electron chi connectivity index (χ2n) is 9.99. The number of thioether (sulfide) groups is 1. The number of allylic oxidation sites excluding steroid dienone is 1. The minimum Gasteiger partial charge on any atom is -0.330 e. The van der Waals surface area contributed by atoms with Crippen LogP contribution in [0, 0.1) is 0 Å². The lowest BCUT2D eigenvalue weighted by Crippen LogP contribution is -2.24. The molecule has 6 rings (SSSR count). The molecule has 2 heteroatoms. The lowest BCUT2D eigenvalue weighted by atomic mass is 9.81. The van der Waals surface area contributed by atoms with Gasteiger partial charge in [-0.15, -0.1) is 0 Å². The van der Waals surface area contributed by atoms with Crippen LogP contribution in [-0.2, 0) is 5.54 Å². The molecule has 3 aromatic carbocycles. The van der Waals surface area contributed by atoms with E-state index in [-0.39, 0.29) is 5.54 Å². The molecule has 0 saturated heterocycles. The van der Waals surface area contributed by atoms with Gasteiger partial charge in [-0.1, -0.05) is 97.8 Å². The smallest absolute Gasteiger partial charge is 0.0715 e. The standard InChI is InChI=1S/C31H31NS/c1-31(2)30(33-24-18-10-5-11-19-24)28(23-16-8-4-9-17-23)29-27(22-14-6-3-7-15-22)25-20-12-13-21-26(25)32(29)31/h4-5,8-13,16-22H,3,6-7,14-15H2,1-2H3. The van der Waals surface area contributed by atoms with E-state index >= 15 is 0 Å². The summed E-state index contributed by atoms with van der Waals surface area (Å²) in [5.41, 5.74) is 7.11. The fourth-order valence-electron chi connectivity index (χ4n) is 6.07. The molecular weight excluding hydrogens is 418 g/mol. The summed E-state index contributed by atoms with van der Waals surface area (Å²) in [5, 5.41) is 1.46. The highest BCUT2D eigenvalue weighted by atomic mass is 32.2. The van der Waals surface area contributed by atoms with Gasteiger partial charge in [0.25, 0.3) is 0 Å². The molecule has 1 aliphatic heterocycles. The molecule has 1 saturated carbocycles. The van der Waals surface area contributed by atoms with Gasteiger partial charge in [0.2, 0.25) is 0 Å². The van der Waals surface area contributed by atoms with Crippen molar-refractivity contribution in [2.45, 2.75) is 62.3 Å². The number of nitrogens with zero attached hydrogens (tertiary/aromatic N) is 1. The molecule has 2 aliphatic rings. The van der Waals surface area contributed by atoms with E-state index in [0.717, 1.165) is 0 Å². The van der Waals surface area contributed by atoms with E-state index < -0.39 is 0 Å². The highest BCUT2D eigenvalue weighted by Crippen LogP contribution is 2.56. The number of benzene rings is 3. The molecule has 4 aromatic rings. The van der Waals surface area contributed by atoms with Gasteiger partial charge in [-0.3, -0.25) is 0 Å². The first-order valence-corrected chi connectivity index (χ1v) is 13.1. The van der Waals surface area contributed by atoms with Crippen LogP contribution in [0.5, 0.6) is 0 Å². The number of aromatic nitrogens is 1. The lowest BCUT2D eigenvalue weighted by Gasteiger charge is -2.27. The summed E-state index contributed by atoms with van der Waals surface area (Å²) in [6.07, 6.45) is 6.70. The van der Waals surface area contributed by atoms with E-state index in [9.17, 15) is 0 Å². The third-order valence-corrected chi connectivity index (χ3v) is 8.95. The Morgan fingerprint density at radius 2 is 1.39 bits per heavy atom. The minimum atomic E-state index is -0.118. The summed E-state index contributed by atoms with van der Waals surface area (Å²) in [4.78, 5) is 2.76. The van der Waals surface area contributed by atoms with E-state index in [1.807, 2.05) is 11.8 Å². The summed E-state index contributed by atoms with van der Waals surface area (Å²) in [6, 6.07) is 31.1. The second kappa shape index (κ2) is 8.25. The zero-order valence-electron chi connectivity index (χ0n) is 19.6. The number of hydrogen-bond donors (Lipinski definition) is 0. The summed E-state index contributed by atoms with van der Waals surface area (Å²) >= 11 is 1.95. The maximum Gasteiger partial charge on any atom is 0.0715 e. The van der Waals surface area contributed by atoms with E-state index in [1.54, 1.807) is 5.56 Å². The third kappa shape index (κ3) is 3.38. The molecule has 0 atom stereocenters. The quantitative estimate of drug-likeness (QED) is 0.301. The Bertz CT molecular complexity index is 1320. The topological polar surface area (TPSA) is 4.93 Å². The van der Waals surface area contributed by atoms with Crippen molar-refractivity contribution in [3.8, 4) is 0 Å². The van der Waals surface area contributed by atoms with Gasteiger partial charge >= 0.3 is 0 Å². The summed E-state index contributed by atoms with van der Waals surface area (Å²) in [7, 11) is 0. The normalized spacial score (nSPS) is 18.1. The number of hydrogen-bond acceptors (Lipinski definition) is 1. The first-order valence-electron chi connectivity index (χ1n) is 12.3. The van der Waals surface area contributed by atoms with Crippen LogP contribution in [0.25, 0.3) is 16.5 Å². The minimum absolute atomic E-state index is 0.118. The Morgan fingerprint density at radius 3 is 2.12 bits per heavy atom. The zero-order chi connectivity index (χ0) is 22.4. The van der Waals surface area contributed by atoms with Gasteiger partial charge in [0.1, 0.15) is 0 Å². The number of para-hydroxylation sites is 1. The summed E-state index contributed by atoms with van der Waals surface area (Å²) < 4.78 is 2.67.